The highest BCUT2D eigenvalue weighted by molar-refractivity contribution is 7.89. The van der Waals surface area contributed by atoms with Crippen molar-refractivity contribution in [3.8, 4) is 0 Å². The van der Waals surface area contributed by atoms with Crippen LogP contribution in [0.25, 0.3) is 0 Å². The fourth-order valence-electron chi connectivity index (χ4n) is 2.10. The van der Waals surface area contributed by atoms with Crippen molar-refractivity contribution >= 4 is 21.9 Å². The van der Waals surface area contributed by atoms with Crippen LogP contribution >= 0.6 is 0 Å². The van der Waals surface area contributed by atoms with Gasteiger partial charge in [-0.2, -0.15) is 0 Å². The Kier molecular flexibility index (Phi) is 6.17. The van der Waals surface area contributed by atoms with Crippen LogP contribution in [0.1, 0.15) is 21.9 Å². The predicted molar refractivity (Wildman–Crippen MR) is 92.9 cm³/mol. The fraction of sp³-hybridized carbons (Fsp3) is 0.294. The molecular formula is C17H20N2O6S. The van der Waals surface area contributed by atoms with E-state index < -0.39 is 22.6 Å². The van der Waals surface area contributed by atoms with Gasteiger partial charge in [0.25, 0.3) is 5.91 Å². The standard InChI is InChI=1S/C17H20N2O6S/c1-12-4-7-14(25-12)10-19(3)16(20)11-24-17(21)13-5-8-15(9-6-13)26(22,23)18-2/h4-9,18H,10-11H2,1-3H3. The van der Waals surface area contributed by atoms with Crippen LogP contribution < -0.4 is 4.72 Å². The van der Waals surface area contributed by atoms with Crippen molar-refractivity contribution in [2.24, 2.45) is 0 Å². The zero-order chi connectivity index (χ0) is 19.3. The molecule has 2 rings (SSSR count). The number of furan rings is 1. The van der Waals surface area contributed by atoms with E-state index in [0.717, 1.165) is 5.76 Å². The Labute approximate surface area is 151 Å². The van der Waals surface area contributed by atoms with Crippen molar-refractivity contribution in [3.05, 3.63) is 53.5 Å². The molecule has 0 spiro atoms. The lowest BCUT2D eigenvalue weighted by Crippen LogP contribution is -2.30. The van der Waals surface area contributed by atoms with Crippen molar-refractivity contribution in [3.63, 3.8) is 0 Å². The second-order valence-corrected chi connectivity index (χ2v) is 7.46. The van der Waals surface area contributed by atoms with E-state index in [4.69, 9.17) is 9.15 Å². The van der Waals surface area contributed by atoms with Crippen molar-refractivity contribution in [2.45, 2.75) is 18.4 Å². The van der Waals surface area contributed by atoms with Gasteiger partial charge in [0.15, 0.2) is 6.61 Å². The molecule has 0 saturated carbocycles. The number of nitrogens with one attached hydrogen (secondary N) is 1. The van der Waals surface area contributed by atoms with Crippen LogP contribution in [0.4, 0.5) is 0 Å². The number of aryl methyl sites for hydroxylation is 1. The van der Waals surface area contributed by atoms with Crippen molar-refractivity contribution < 1.29 is 27.2 Å². The van der Waals surface area contributed by atoms with Crippen LogP contribution in [0.3, 0.4) is 0 Å². The lowest BCUT2D eigenvalue weighted by atomic mass is 10.2. The third-order valence-corrected chi connectivity index (χ3v) is 5.04. The van der Waals surface area contributed by atoms with Crippen LogP contribution in [-0.2, 0) is 26.1 Å². The van der Waals surface area contributed by atoms with Gasteiger partial charge in [-0.05, 0) is 50.4 Å². The maximum absolute atomic E-state index is 12.0. The number of esters is 1. The molecule has 0 aliphatic carbocycles. The fourth-order valence-corrected chi connectivity index (χ4v) is 2.83. The van der Waals surface area contributed by atoms with E-state index in [0.29, 0.717) is 5.76 Å². The molecule has 0 aliphatic rings. The zero-order valence-electron chi connectivity index (χ0n) is 14.7. The Bertz CT molecular complexity index is 886. The molecule has 0 fully saturated rings. The summed E-state index contributed by atoms with van der Waals surface area (Å²) in [6, 6.07) is 8.79. The van der Waals surface area contributed by atoms with Crippen molar-refractivity contribution in [1.82, 2.24) is 9.62 Å². The number of rotatable bonds is 7. The number of hydrogen-bond donors (Lipinski definition) is 1. The molecule has 26 heavy (non-hydrogen) atoms. The van der Waals surface area contributed by atoms with Gasteiger partial charge in [-0.1, -0.05) is 0 Å². The second-order valence-electron chi connectivity index (χ2n) is 5.57. The minimum Gasteiger partial charge on any atom is -0.464 e. The smallest absolute Gasteiger partial charge is 0.338 e. The van der Waals surface area contributed by atoms with Crippen LogP contribution in [-0.4, -0.2) is 45.9 Å². The van der Waals surface area contributed by atoms with E-state index in [1.165, 1.54) is 36.2 Å². The average Bonchev–Trinajstić information content (AvgIpc) is 3.04. The Morgan fingerprint density at radius 3 is 2.35 bits per heavy atom. The minimum absolute atomic E-state index is 0.0288. The number of hydrogen-bond acceptors (Lipinski definition) is 6. The third-order valence-electron chi connectivity index (χ3n) is 3.61. The van der Waals surface area contributed by atoms with Gasteiger partial charge in [0.2, 0.25) is 10.0 Å². The van der Waals surface area contributed by atoms with E-state index in [-0.39, 0.29) is 22.9 Å². The predicted octanol–water partition coefficient (Wildman–Crippen LogP) is 1.31. The van der Waals surface area contributed by atoms with Crippen LogP contribution in [0, 0.1) is 6.92 Å². The zero-order valence-corrected chi connectivity index (χ0v) is 15.5. The maximum atomic E-state index is 12.0. The number of ether oxygens (including phenoxy) is 1. The summed E-state index contributed by atoms with van der Waals surface area (Å²) in [5.74, 6) is 0.276. The molecule has 9 heteroatoms. The molecule has 0 bridgehead atoms. The summed E-state index contributed by atoms with van der Waals surface area (Å²) in [5.41, 5.74) is 0.150. The molecule has 0 radical (unpaired) electrons. The Morgan fingerprint density at radius 1 is 1.15 bits per heavy atom. The summed E-state index contributed by atoms with van der Waals surface area (Å²) in [5, 5.41) is 0. The van der Waals surface area contributed by atoms with Gasteiger partial charge in [0.1, 0.15) is 11.5 Å². The first kappa shape index (κ1) is 19.7. The molecule has 0 unspecified atom stereocenters. The summed E-state index contributed by atoms with van der Waals surface area (Å²) in [6.07, 6.45) is 0. The number of likely N-dealkylation sites (N-methyl/N-ethyl adjacent to an activating group) is 1. The molecule has 0 aliphatic heterocycles. The summed E-state index contributed by atoms with van der Waals surface area (Å²) in [7, 11) is -0.707. The Morgan fingerprint density at radius 2 is 1.81 bits per heavy atom. The largest absolute Gasteiger partial charge is 0.464 e. The molecule has 8 nitrogen and oxygen atoms in total. The second kappa shape index (κ2) is 8.15. The molecule has 1 N–H and O–H groups in total. The van der Waals surface area contributed by atoms with Crippen molar-refractivity contribution in [2.75, 3.05) is 20.7 Å². The highest BCUT2D eigenvalue weighted by Gasteiger charge is 2.16. The molecule has 0 saturated heterocycles. The molecule has 1 aromatic heterocycles. The minimum atomic E-state index is -3.58. The maximum Gasteiger partial charge on any atom is 0.338 e. The van der Waals surface area contributed by atoms with Crippen LogP contribution in [0.15, 0.2) is 45.7 Å². The van der Waals surface area contributed by atoms with Crippen molar-refractivity contribution in [1.29, 1.82) is 0 Å². The summed E-state index contributed by atoms with van der Waals surface area (Å²) >= 11 is 0. The summed E-state index contributed by atoms with van der Waals surface area (Å²) in [6.45, 7) is 1.65. The van der Waals surface area contributed by atoms with Gasteiger partial charge < -0.3 is 14.1 Å². The average molecular weight is 380 g/mol. The molecule has 1 amide bonds. The first-order valence-corrected chi connectivity index (χ1v) is 9.21. The van der Waals surface area contributed by atoms with E-state index in [1.54, 1.807) is 26.1 Å². The van der Waals surface area contributed by atoms with E-state index in [9.17, 15) is 18.0 Å². The quantitative estimate of drug-likeness (QED) is 0.726. The van der Waals surface area contributed by atoms with Gasteiger partial charge in [0, 0.05) is 7.05 Å². The SMILES string of the molecule is CNS(=O)(=O)c1ccc(C(=O)OCC(=O)N(C)Cc2ccc(C)o2)cc1. The van der Waals surface area contributed by atoms with Gasteiger partial charge in [-0.3, -0.25) is 4.79 Å². The van der Waals surface area contributed by atoms with Gasteiger partial charge >= 0.3 is 5.97 Å². The number of sulfonamides is 1. The summed E-state index contributed by atoms with van der Waals surface area (Å²) < 4.78 is 35.8. The van der Waals surface area contributed by atoms with Crippen LogP contribution in [0.2, 0.25) is 0 Å². The van der Waals surface area contributed by atoms with Gasteiger partial charge in [-0.15, -0.1) is 0 Å². The lowest BCUT2D eigenvalue weighted by molar-refractivity contribution is -0.134. The highest BCUT2D eigenvalue weighted by Crippen LogP contribution is 2.12. The normalized spacial score (nSPS) is 11.2. The number of carbonyl (C=O) groups excluding carboxylic acids is 2. The number of benzene rings is 1. The molecule has 1 heterocycles. The molecular weight excluding hydrogens is 360 g/mol. The monoisotopic (exact) mass is 380 g/mol. The Balaban J connectivity index is 1.90. The van der Waals surface area contributed by atoms with E-state index in [2.05, 4.69) is 4.72 Å². The first-order valence-electron chi connectivity index (χ1n) is 7.73. The molecule has 0 atom stereocenters. The topological polar surface area (TPSA) is 106 Å². The summed E-state index contributed by atoms with van der Waals surface area (Å²) in [4.78, 5) is 25.4. The highest BCUT2D eigenvalue weighted by atomic mass is 32.2. The number of amides is 1. The lowest BCUT2D eigenvalue weighted by Gasteiger charge is -2.15. The van der Waals surface area contributed by atoms with Crippen LogP contribution in [0.5, 0.6) is 0 Å². The van der Waals surface area contributed by atoms with Gasteiger partial charge in [0.05, 0.1) is 17.0 Å². The van der Waals surface area contributed by atoms with E-state index in [1.807, 2.05) is 0 Å². The first-order chi connectivity index (χ1) is 12.2. The third kappa shape index (κ3) is 4.93. The van der Waals surface area contributed by atoms with E-state index >= 15 is 0 Å². The molecule has 140 valence electrons. The molecule has 2 aromatic rings. The Hall–Kier alpha value is -2.65. The number of nitrogens with zero attached hydrogens (tertiary/aromatic N) is 1. The van der Waals surface area contributed by atoms with Gasteiger partial charge in [-0.25, -0.2) is 17.9 Å². The number of carbonyl (C=O) groups is 2. The molecule has 1 aromatic carbocycles.